The fourth-order valence-electron chi connectivity index (χ4n) is 2.15. The molecule has 0 radical (unpaired) electrons. The molecule has 0 aromatic heterocycles. The van der Waals surface area contributed by atoms with Gasteiger partial charge in [-0.1, -0.05) is 10.8 Å². The van der Waals surface area contributed by atoms with E-state index < -0.39 is 0 Å². The Kier molecular flexibility index (Phi) is 3.13. The van der Waals surface area contributed by atoms with Crippen LogP contribution in [0.25, 0.3) is 0 Å². The second-order valence-corrected chi connectivity index (χ2v) is 4.52. The molecule has 3 N–H and O–H groups in total. The van der Waals surface area contributed by atoms with Crippen LogP contribution in [0.15, 0.2) is 18.2 Å². The maximum absolute atomic E-state index is 11.7. The maximum Gasteiger partial charge on any atom is 0.314 e. The number of piperidine rings is 1. The second-order valence-electron chi connectivity index (χ2n) is 4.52. The Morgan fingerprint density at radius 1 is 1.24 bits per heavy atom. The van der Waals surface area contributed by atoms with Crippen molar-refractivity contribution in [1.29, 1.82) is 0 Å². The van der Waals surface area contributed by atoms with E-state index in [1.54, 1.807) is 0 Å². The Hall–Kier alpha value is -1.84. The number of hydrazone groups is 1. The SMILES string of the molecule is Cc1cc(C)cc([N+](N)=C2CCCNC2=O)c1. The van der Waals surface area contributed by atoms with Crippen LogP contribution in [0.1, 0.15) is 24.0 Å². The number of rotatable bonds is 1. The van der Waals surface area contributed by atoms with Gasteiger partial charge in [-0.2, -0.15) is 0 Å². The average molecular weight is 232 g/mol. The van der Waals surface area contributed by atoms with E-state index in [-0.39, 0.29) is 5.91 Å². The Morgan fingerprint density at radius 3 is 2.47 bits per heavy atom. The molecule has 0 unspecified atom stereocenters. The minimum Gasteiger partial charge on any atom is -0.347 e. The summed E-state index contributed by atoms with van der Waals surface area (Å²) < 4.78 is 1.51. The smallest absolute Gasteiger partial charge is 0.314 e. The third kappa shape index (κ3) is 2.46. The number of hydrazine groups is 1. The van der Waals surface area contributed by atoms with E-state index >= 15 is 0 Å². The minimum atomic E-state index is -0.0575. The zero-order valence-electron chi connectivity index (χ0n) is 10.3. The molecule has 1 fully saturated rings. The number of nitrogens with two attached hydrogens (primary N) is 1. The van der Waals surface area contributed by atoms with Crippen molar-refractivity contribution in [1.82, 2.24) is 5.32 Å². The van der Waals surface area contributed by atoms with Crippen LogP contribution in [0.4, 0.5) is 5.69 Å². The molecular weight excluding hydrogens is 214 g/mol. The Balaban J connectivity index is 2.44. The van der Waals surface area contributed by atoms with E-state index in [2.05, 4.69) is 11.4 Å². The molecule has 17 heavy (non-hydrogen) atoms. The molecule has 2 rings (SSSR count). The monoisotopic (exact) mass is 232 g/mol. The Labute approximate surface area is 101 Å². The Bertz CT molecular complexity index is 471. The first-order valence-electron chi connectivity index (χ1n) is 5.85. The molecule has 1 aromatic rings. The molecule has 1 aliphatic rings. The average Bonchev–Trinajstić information content (AvgIpc) is 2.27. The number of carbonyl (C=O) groups is 1. The summed E-state index contributed by atoms with van der Waals surface area (Å²) in [6.45, 7) is 4.79. The van der Waals surface area contributed by atoms with E-state index in [0.717, 1.165) is 36.2 Å². The molecule has 1 aliphatic heterocycles. The third-order valence-corrected chi connectivity index (χ3v) is 2.91. The van der Waals surface area contributed by atoms with E-state index in [1.165, 1.54) is 4.68 Å². The van der Waals surface area contributed by atoms with E-state index in [1.807, 2.05) is 26.0 Å². The zero-order chi connectivity index (χ0) is 12.4. The molecular formula is C13H18N3O+. The summed E-state index contributed by atoms with van der Waals surface area (Å²) in [4.78, 5) is 11.7. The highest BCUT2D eigenvalue weighted by Gasteiger charge is 2.26. The molecule has 1 heterocycles. The van der Waals surface area contributed by atoms with Crippen LogP contribution in [0.2, 0.25) is 0 Å². The number of amides is 1. The van der Waals surface area contributed by atoms with E-state index in [9.17, 15) is 4.79 Å². The minimum absolute atomic E-state index is 0.0575. The predicted molar refractivity (Wildman–Crippen MR) is 67.3 cm³/mol. The van der Waals surface area contributed by atoms with Gasteiger partial charge in [0.1, 0.15) is 0 Å². The van der Waals surface area contributed by atoms with Crippen LogP contribution >= 0.6 is 0 Å². The summed E-state index contributed by atoms with van der Waals surface area (Å²) >= 11 is 0. The molecule has 0 saturated carbocycles. The summed E-state index contributed by atoms with van der Waals surface area (Å²) in [5.41, 5.74) is 3.80. The van der Waals surface area contributed by atoms with Gasteiger partial charge in [-0.25, -0.2) is 5.84 Å². The van der Waals surface area contributed by atoms with Crippen molar-refractivity contribution in [3.63, 3.8) is 0 Å². The molecule has 1 saturated heterocycles. The van der Waals surface area contributed by atoms with Gasteiger partial charge in [0, 0.05) is 25.1 Å². The van der Waals surface area contributed by atoms with Crippen LogP contribution in [-0.4, -0.2) is 22.8 Å². The van der Waals surface area contributed by atoms with Gasteiger partial charge >= 0.3 is 5.91 Å². The van der Waals surface area contributed by atoms with Crippen molar-refractivity contribution < 1.29 is 9.48 Å². The number of hydrogen-bond donors (Lipinski definition) is 2. The van der Waals surface area contributed by atoms with Gasteiger partial charge in [0.05, 0.1) is 0 Å². The zero-order valence-corrected chi connectivity index (χ0v) is 10.3. The second kappa shape index (κ2) is 4.57. The summed E-state index contributed by atoms with van der Waals surface area (Å²) in [6, 6.07) is 6.06. The molecule has 1 amide bonds. The van der Waals surface area contributed by atoms with Crippen LogP contribution in [0.5, 0.6) is 0 Å². The summed E-state index contributed by atoms with van der Waals surface area (Å²) in [7, 11) is 0. The van der Waals surface area contributed by atoms with Gasteiger partial charge in [0.2, 0.25) is 5.69 Å². The third-order valence-electron chi connectivity index (χ3n) is 2.91. The summed E-state index contributed by atoms with van der Waals surface area (Å²) in [5, 5.41) is 2.81. The molecule has 0 atom stereocenters. The maximum atomic E-state index is 11.7. The van der Waals surface area contributed by atoms with Gasteiger partial charge < -0.3 is 5.32 Å². The summed E-state index contributed by atoms with van der Waals surface area (Å²) in [6.07, 6.45) is 1.68. The van der Waals surface area contributed by atoms with Gasteiger partial charge in [-0.3, -0.25) is 4.79 Å². The normalized spacial score (nSPS) is 18.8. The lowest BCUT2D eigenvalue weighted by Gasteiger charge is -2.11. The fraction of sp³-hybridized carbons (Fsp3) is 0.385. The van der Waals surface area contributed by atoms with E-state index in [0.29, 0.717) is 5.71 Å². The standard InChI is InChI=1S/C13H17N3O/c1-9-6-10(2)8-11(7-9)16(14)12-4-3-5-15-13(12)17/h6-8H,3-5H2,1-2H3,(H2-,14,15,17)/p+1. The Morgan fingerprint density at radius 2 is 1.88 bits per heavy atom. The van der Waals surface area contributed by atoms with Crippen molar-refractivity contribution in [2.75, 3.05) is 6.54 Å². The van der Waals surface area contributed by atoms with Crippen LogP contribution in [0.3, 0.4) is 0 Å². The lowest BCUT2D eigenvalue weighted by atomic mass is 10.1. The van der Waals surface area contributed by atoms with Crippen molar-refractivity contribution in [2.24, 2.45) is 5.84 Å². The lowest BCUT2D eigenvalue weighted by molar-refractivity contribution is -0.453. The molecule has 0 bridgehead atoms. The molecule has 4 nitrogen and oxygen atoms in total. The number of aryl methyl sites for hydroxylation is 2. The number of nitrogens with zero attached hydrogens (tertiary/aromatic N) is 1. The number of benzene rings is 1. The molecule has 0 aliphatic carbocycles. The van der Waals surface area contributed by atoms with Crippen LogP contribution in [0, 0.1) is 13.8 Å². The fourth-order valence-corrected chi connectivity index (χ4v) is 2.15. The highest BCUT2D eigenvalue weighted by molar-refractivity contribution is 6.37. The topological polar surface area (TPSA) is 58.1 Å². The van der Waals surface area contributed by atoms with Gasteiger partial charge in [-0.15, -0.1) is 0 Å². The number of hydrogen-bond acceptors (Lipinski definition) is 2. The molecule has 90 valence electrons. The van der Waals surface area contributed by atoms with Crippen molar-refractivity contribution in [2.45, 2.75) is 26.7 Å². The van der Waals surface area contributed by atoms with Gasteiger partial charge in [0.25, 0.3) is 5.71 Å². The first-order valence-corrected chi connectivity index (χ1v) is 5.85. The lowest BCUT2D eigenvalue weighted by Crippen LogP contribution is -2.42. The van der Waals surface area contributed by atoms with Crippen LogP contribution < -0.4 is 11.2 Å². The molecule has 4 heteroatoms. The first kappa shape index (κ1) is 11.6. The summed E-state index contributed by atoms with van der Waals surface area (Å²) in [5.74, 6) is 5.98. The van der Waals surface area contributed by atoms with Crippen molar-refractivity contribution in [3.05, 3.63) is 29.3 Å². The largest absolute Gasteiger partial charge is 0.347 e. The van der Waals surface area contributed by atoms with Crippen molar-refractivity contribution in [3.8, 4) is 0 Å². The number of carbonyl (C=O) groups excluding carboxylic acids is 1. The number of nitrogens with one attached hydrogen (secondary N) is 1. The van der Waals surface area contributed by atoms with E-state index in [4.69, 9.17) is 5.84 Å². The van der Waals surface area contributed by atoms with Gasteiger partial charge in [0.15, 0.2) is 0 Å². The quantitative estimate of drug-likeness (QED) is 0.434. The van der Waals surface area contributed by atoms with Crippen molar-refractivity contribution >= 4 is 17.3 Å². The predicted octanol–water partition coefficient (Wildman–Crippen LogP) is 1.17. The molecule has 1 aromatic carbocycles. The van der Waals surface area contributed by atoms with Gasteiger partial charge in [-0.05, 0) is 31.4 Å². The van der Waals surface area contributed by atoms with Crippen LogP contribution in [-0.2, 0) is 4.79 Å². The highest BCUT2D eigenvalue weighted by atomic mass is 16.2. The molecule has 0 spiro atoms. The highest BCUT2D eigenvalue weighted by Crippen LogP contribution is 2.16. The first-order chi connectivity index (χ1) is 8.08.